The van der Waals surface area contributed by atoms with Crippen molar-refractivity contribution in [1.82, 2.24) is 4.90 Å². The third kappa shape index (κ3) is 3.24. The van der Waals surface area contributed by atoms with Gasteiger partial charge < -0.3 is 10.1 Å². The SMILES string of the molecule is O=C1C2C3C=CC(CNc4ccc([N+](=O)[O-])cc4[N+](=O)[O-])(O3)C2C(=O)N1Cc1ccccc1. The predicted molar refractivity (Wildman–Crippen MR) is 114 cm³/mol. The Hall–Kier alpha value is -4.12. The van der Waals surface area contributed by atoms with Crippen LogP contribution < -0.4 is 5.32 Å². The summed E-state index contributed by atoms with van der Waals surface area (Å²) in [5.41, 5.74) is -1.14. The minimum atomic E-state index is -1.15. The molecule has 11 heteroatoms. The van der Waals surface area contributed by atoms with Crippen LogP contribution in [-0.4, -0.2) is 44.8 Å². The molecule has 2 amide bonds. The quantitative estimate of drug-likeness (QED) is 0.293. The van der Waals surface area contributed by atoms with Crippen molar-refractivity contribution < 1.29 is 24.2 Å². The average molecular weight is 450 g/mol. The standard InChI is InChI=1S/C22H18N4O7/c27-20-18-17-8-9-22(33-17,19(18)21(28)24(20)11-13-4-2-1-3-5-13)12-23-15-7-6-14(25(29)30)10-16(15)26(31)32/h1-10,17-19,23H,11-12H2. The Morgan fingerprint density at radius 2 is 1.79 bits per heavy atom. The van der Waals surface area contributed by atoms with Crippen LogP contribution in [0.2, 0.25) is 0 Å². The van der Waals surface area contributed by atoms with Gasteiger partial charge in [-0.2, -0.15) is 0 Å². The Balaban J connectivity index is 1.39. The molecular formula is C22H18N4O7. The second-order valence-corrected chi connectivity index (χ2v) is 8.22. The second kappa shape index (κ2) is 7.48. The van der Waals surface area contributed by atoms with Crippen LogP contribution in [0.4, 0.5) is 17.1 Å². The number of ether oxygens (including phenoxy) is 1. The fraction of sp³-hybridized carbons (Fsp3) is 0.273. The van der Waals surface area contributed by atoms with Crippen molar-refractivity contribution in [2.24, 2.45) is 11.8 Å². The Labute approximate surface area is 186 Å². The minimum Gasteiger partial charge on any atom is -0.376 e. The maximum absolute atomic E-state index is 13.3. The van der Waals surface area contributed by atoms with E-state index in [1.807, 2.05) is 30.3 Å². The highest BCUT2D eigenvalue weighted by atomic mass is 16.6. The van der Waals surface area contributed by atoms with Gasteiger partial charge in [0.2, 0.25) is 11.8 Å². The Kier molecular flexibility index (Phi) is 4.71. The van der Waals surface area contributed by atoms with Crippen LogP contribution in [0.5, 0.6) is 0 Å². The van der Waals surface area contributed by atoms with Crippen LogP contribution in [0, 0.1) is 32.1 Å². The average Bonchev–Trinajstić information content (AvgIpc) is 3.44. The molecular weight excluding hydrogens is 432 g/mol. The number of carbonyl (C=O) groups excluding carboxylic acids is 2. The number of rotatable bonds is 7. The number of hydrogen-bond donors (Lipinski definition) is 1. The number of nitro benzene ring substituents is 2. The summed E-state index contributed by atoms with van der Waals surface area (Å²) in [6, 6.07) is 12.5. The molecule has 0 aromatic heterocycles. The monoisotopic (exact) mass is 450 g/mol. The summed E-state index contributed by atoms with van der Waals surface area (Å²) in [4.78, 5) is 48.6. The number of hydrogen-bond acceptors (Lipinski definition) is 8. The van der Waals surface area contributed by atoms with Crippen LogP contribution in [0.25, 0.3) is 0 Å². The highest BCUT2D eigenvalue weighted by Gasteiger charge is 2.67. The van der Waals surface area contributed by atoms with E-state index in [0.29, 0.717) is 0 Å². The summed E-state index contributed by atoms with van der Waals surface area (Å²) in [6.07, 6.45) is 2.91. The number of nitro groups is 2. The lowest BCUT2D eigenvalue weighted by molar-refractivity contribution is -0.393. The van der Waals surface area contributed by atoms with Gasteiger partial charge in [0.15, 0.2) is 0 Å². The van der Waals surface area contributed by atoms with Gasteiger partial charge in [0.1, 0.15) is 11.3 Å². The van der Waals surface area contributed by atoms with E-state index in [4.69, 9.17) is 4.74 Å². The largest absolute Gasteiger partial charge is 0.376 e. The molecule has 2 aromatic rings. The fourth-order valence-corrected chi connectivity index (χ4v) is 4.86. The van der Waals surface area contributed by atoms with E-state index in [0.717, 1.165) is 17.7 Å². The molecule has 2 saturated heterocycles. The normalized spacial score (nSPS) is 27.2. The summed E-state index contributed by atoms with van der Waals surface area (Å²) < 4.78 is 6.03. The summed E-state index contributed by atoms with van der Waals surface area (Å²) in [7, 11) is 0. The molecule has 3 heterocycles. The van der Waals surface area contributed by atoms with Gasteiger partial charge in [0, 0.05) is 12.6 Å². The van der Waals surface area contributed by atoms with E-state index in [9.17, 15) is 29.8 Å². The summed E-state index contributed by atoms with van der Waals surface area (Å²) >= 11 is 0. The maximum Gasteiger partial charge on any atom is 0.299 e. The van der Waals surface area contributed by atoms with Crippen molar-refractivity contribution in [2.45, 2.75) is 18.2 Å². The molecule has 0 aliphatic carbocycles. The lowest BCUT2D eigenvalue weighted by Gasteiger charge is -2.29. The van der Waals surface area contributed by atoms with Crippen LogP contribution in [0.3, 0.4) is 0 Å². The molecule has 2 aromatic carbocycles. The Bertz CT molecular complexity index is 1210. The van der Waals surface area contributed by atoms with Crippen molar-refractivity contribution in [3.05, 3.63) is 86.5 Å². The van der Waals surface area contributed by atoms with E-state index in [2.05, 4.69) is 5.32 Å². The van der Waals surface area contributed by atoms with Gasteiger partial charge in [0.25, 0.3) is 11.4 Å². The van der Waals surface area contributed by atoms with Crippen molar-refractivity contribution in [3.8, 4) is 0 Å². The summed E-state index contributed by atoms with van der Waals surface area (Å²) in [6.45, 7) is 0.146. The van der Waals surface area contributed by atoms with Crippen LogP contribution in [-0.2, 0) is 20.9 Å². The van der Waals surface area contributed by atoms with Gasteiger partial charge in [0.05, 0.1) is 40.4 Å². The zero-order chi connectivity index (χ0) is 23.3. The number of carbonyl (C=O) groups is 2. The molecule has 33 heavy (non-hydrogen) atoms. The smallest absolute Gasteiger partial charge is 0.299 e. The highest BCUT2D eigenvalue weighted by Crippen LogP contribution is 2.52. The molecule has 0 spiro atoms. The Morgan fingerprint density at radius 1 is 1.03 bits per heavy atom. The van der Waals surface area contributed by atoms with E-state index in [-0.39, 0.29) is 30.6 Å². The topological polar surface area (TPSA) is 145 Å². The first-order valence-corrected chi connectivity index (χ1v) is 10.2. The number of amides is 2. The second-order valence-electron chi connectivity index (χ2n) is 8.22. The third-order valence-electron chi connectivity index (χ3n) is 6.37. The fourth-order valence-electron chi connectivity index (χ4n) is 4.86. The molecule has 4 atom stereocenters. The Morgan fingerprint density at radius 3 is 2.48 bits per heavy atom. The number of nitrogens with zero attached hydrogens (tertiary/aromatic N) is 3. The molecule has 3 aliphatic heterocycles. The van der Waals surface area contributed by atoms with Crippen molar-refractivity contribution in [2.75, 3.05) is 11.9 Å². The van der Waals surface area contributed by atoms with Gasteiger partial charge in [-0.25, -0.2) is 0 Å². The van der Waals surface area contributed by atoms with Gasteiger partial charge in [-0.3, -0.25) is 34.7 Å². The van der Waals surface area contributed by atoms with Gasteiger partial charge in [-0.1, -0.05) is 42.5 Å². The zero-order valence-electron chi connectivity index (χ0n) is 17.1. The van der Waals surface area contributed by atoms with Gasteiger partial charge in [-0.05, 0) is 11.6 Å². The van der Waals surface area contributed by atoms with E-state index in [1.165, 1.54) is 11.0 Å². The first-order chi connectivity index (χ1) is 15.8. The summed E-state index contributed by atoms with van der Waals surface area (Å²) in [5, 5.41) is 25.3. The maximum atomic E-state index is 13.3. The molecule has 2 fully saturated rings. The number of likely N-dealkylation sites (tertiary alicyclic amines) is 1. The van der Waals surface area contributed by atoms with E-state index >= 15 is 0 Å². The van der Waals surface area contributed by atoms with Crippen molar-refractivity contribution in [1.29, 1.82) is 0 Å². The lowest BCUT2D eigenvalue weighted by atomic mass is 9.77. The number of anilines is 1. The molecule has 2 bridgehead atoms. The molecule has 0 radical (unpaired) electrons. The molecule has 11 nitrogen and oxygen atoms in total. The van der Waals surface area contributed by atoms with Crippen molar-refractivity contribution in [3.63, 3.8) is 0 Å². The number of imide groups is 1. The minimum absolute atomic E-state index is 0.0159. The number of nitrogens with one attached hydrogen (secondary N) is 1. The lowest BCUT2D eigenvalue weighted by Crippen LogP contribution is -2.45. The number of benzene rings is 2. The molecule has 0 saturated carbocycles. The van der Waals surface area contributed by atoms with Gasteiger partial charge in [-0.15, -0.1) is 0 Å². The first-order valence-electron chi connectivity index (χ1n) is 10.2. The third-order valence-corrected chi connectivity index (χ3v) is 6.37. The van der Waals surface area contributed by atoms with E-state index in [1.54, 1.807) is 12.2 Å². The number of non-ortho nitro benzene ring substituents is 1. The first kappa shape index (κ1) is 20.8. The number of fused-ring (bicyclic) bond motifs is 5. The van der Waals surface area contributed by atoms with Crippen LogP contribution >= 0.6 is 0 Å². The predicted octanol–water partition coefficient (Wildman–Crippen LogP) is 2.42. The van der Waals surface area contributed by atoms with Crippen LogP contribution in [0.15, 0.2) is 60.7 Å². The van der Waals surface area contributed by atoms with Gasteiger partial charge >= 0.3 is 0 Å². The molecule has 3 aliphatic rings. The summed E-state index contributed by atoms with van der Waals surface area (Å²) in [5.74, 6) is -2.06. The zero-order valence-corrected chi connectivity index (χ0v) is 17.1. The molecule has 5 rings (SSSR count). The van der Waals surface area contributed by atoms with Crippen LogP contribution in [0.1, 0.15) is 5.56 Å². The molecule has 1 N–H and O–H groups in total. The highest BCUT2D eigenvalue weighted by molar-refractivity contribution is 6.07. The van der Waals surface area contributed by atoms with E-state index < -0.39 is 44.8 Å². The molecule has 4 unspecified atom stereocenters. The van der Waals surface area contributed by atoms with Crippen molar-refractivity contribution >= 4 is 28.9 Å². The molecule has 168 valence electrons.